The number of hydrogen-bond acceptors (Lipinski definition) is 3. The Labute approximate surface area is 119 Å². The van der Waals surface area contributed by atoms with Gasteiger partial charge in [0.1, 0.15) is 0 Å². The second-order valence-electron chi connectivity index (χ2n) is 4.72. The normalized spacial score (nSPS) is 14.2. The number of carbonyl (C=O) groups is 1. The van der Waals surface area contributed by atoms with Crippen LogP contribution in [0.1, 0.15) is 28.9 Å². The third kappa shape index (κ3) is 2.00. The van der Waals surface area contributed by atoms with Gasteiger partial charge in [-0.25, -0.2) is 0 Å². The monoisotopic (exact) mass is 290 g/mol. The van der Waals surface area contributed by atoms with E-state index in [9.17, 15) is 14.9 Å². The summed E-state index contributed by atoms with van der Waals surface area (Å²) in [5.74, 6) is 0.117. The lowest BCUT2D eigenvalue weighted by Gasteiger charge is -2.15. The predicted octanol–water partition coefficient (Wildman–Crippen LogP) is 3.56. The lowest BCUT2D eigenvalue weighted by molar-refractivity contribution is -0.384. The van der Waals surface area contributed by atoms with Gasteiger partial charge in [-0.05, 0) is 25.0 Å². The van der Waals surface area contributed by atoms with Crippen molar-refractivity contribution in [3.05, 3.63) is 56.9 Å². The van der Waals surface area contributed by atoms with E-state index < -0.39 is 4.92 Å². The zero-order valence-electron chi connectivity index (χ0n) is 10.5. The summed E-state index contributed by atoms with van der Waals surface area (Å²) < 4.78 is 1.78. The standard InChI is InChI=1S/C14H11ClN2O3/c15-11-5-4-9(17(19)20)8-13(11)16-7-6-10-12(16)2-1-3-14(10)18/h4-8H,1-3H2. The van der Waals surface area contributed by atoms with Crippen LogP contribution in [0.25, 0.3) is 5.69 Å². The number of benzene rings is 1. The van der Waals surface area contributed by atoms with Crippen molar-refractivity contribution in [3.63, 3.8) is 0 Å². The molecule has 0 unspecified atom stereocenters. The van der Waals surface area contributed by atoms with Crippen molar-refractivity contribution in [1.29, 1.82) is 0 Å². The second kappa shape index (κ2) is 4.76. The molecule has 1 aliphatic carbocycles. The summed E-state index contributed by atoms with van der Waals surface area (Å²) in [4.78, 5) is 22.3. The molecule has 1 aromatic heterocycles. The number of nitro groups is 1. The summed E-state index contributed by atoms with van der Waals surface area (Å²) in [5.41, 5.74) is 2.09. The molecule has 0 radical (unpaired) electrons. The van der Waals surface area contributed by atoms with E-state index in [-0.39, 0.29) is 11.5 Å². The fourth-order valence-corrected chi connectivity index (χ4v) is 2.76. The average Bonchev–Trinajstić information content (AvgIpc) is 2.84. The molecule has 0 N–H and O–H groups in total. The molecular weight excluding hydrogens is 280 g/mol. The molecule has 0 spiro atoms. The molecular formula is C14H11ClN2O3. The molecule has 102 valence electrons. The van der Waals surface area contributed by atoms with Crippen LogP contribution in [0.4, 0.5) is 5.69 Å². The number of nitro benzene ring substituents is 1. The largest absolute Gasteiger partial charge is 0.318 e. The molecule has 5 nitrogen and oxygen atoms in total. The first-order valence-corrected chi connectivity index (χ1v) is 6.63. The molecule has 1 aromatic carbocycles. The molecule has 0 aliphatic heterocycles. The Kier molecular flexibility index (Phi) is 3.06. The van der Waals surface area contributed by atoms with Crippen LogP contribution in [0.15, 0.2) is 30.5 Å². The first-order valence-electron chi connectivity index (χ1n) is 6.25. The Balaban J connectivity index is 2.17. The molecule has 3 rings (SSSR count). The highest BCUT2D eigenvalue weighted by atomic mass is 35.5. The fourth-order valence-electron chi connectivity index (χ4n) is 2.55. The fraction of sp³-hybridized carbons (Fsp3) is 0.214. The maximum absolute atomic E-state index is 11.8. The summed E-state index contributed by atoms with van der Waals surface area (Å²) >= 11 is 6.14. The molecule has 20 heavy (non-hydrogen) atoms. The number of nitrogens with zero attached hydrogens (tertiary/aromatic N) is 2. The zero-order valence-corrected chi connectivity index (χ0v) is 11.3. The molecule has 2 aromatic rings. The predicted molar refractivity (Wildman–Crippen MR) is 74.7 cm³/mol. The number of rotatable bonds is 2. The van der Waals surface area contributed by atoms with Crippen LogP contribution < -0.4 is 0 Å². The van der Waals surface area contributed by atoms with Gasteiger partial charge in [-0.1, -0.05) is 11.6 Å². The second-order valence-corrected chi connectivity index (χ2v) is 5.12. The van der Waals surface area contributed by atoms with Gasteiger partial charge in [-0.3, -0.25) is 14.9 Å². The third-order valence-corrected chi connectivity index (χ3v) is 3.83. The van der Waals surface area contributed by atoms with Gasteiger partial charge in [0.2, 0.25) is 0 Å². The Hall–Kier alpha value is -2.14. The summed E-state index contributed by atoms with van der Waals surface area (Å²) in [7, 11) is 0. The molecule has 6 heteroatoms. The number of hydrogen-bond donors (Lipinski definition) is 0. The maximum atomic E-state index is 11.8. The lowest BCUT2D eigenvalue weighted by atomic mass is 9.97. The van der Waals surface area contributed by atoms with E-state index in [4.69, 9.17) is 11.6 Å². The summed E-state index contributed by atoms with van der Waals surface area (Å²) in [6.45, 7) is 0. The van der Waals surface area contributed by atoms with E-state index in [1.807, 2.05) is 0 Å². The van der Waals surface area contributed by atoms with Crippen molar-refractivity contribution in [3.8, 4) is 5.69 Å². The van der Waals surface area contributed by atoms with Gasteiger partial charge in [-0.2, -0.15) is 0 Å². The van der Waals surface area contributed by atoms with Gasteiger partial charge >= 0.3 is 0 Å². The number of aromatic nitrogens is 1. The van der Waals surface area contributed by atoms with Crippen molar-refractivity contribution in [2.24, 2.45) is 0 Å². The molecule has 0 saturated carbocycles. The summed E-state index contributed by atoms with van der Waals surface area (Å²) in [6, 6.07) is 6.06. The molecule has 0 atom stereocenters. The molecule has 0 fully saturated rings. The van der Waals surface area contributed by atoms with Gasteiger partial charge in [0.25, 0.3) is 5.69 Å². The van der Waals surface area contributed by atoms with Gasteiger partial charge < -0.3 is 4.57 Å². The number of Topliss-reactive ketones (excluding diaryl/α,β-unsaturated/α-hetero) is 1. The van der Waals surface area contributed by atoms with Crippen molar-refractivity contribution >= 4 is 23.1 Å². The molecule has 0 bridgehead atoms. The third-order valence-electron chi connectivity index (χ3n) is 3.51. The Morgan fingerprint density at radius 1 is 1.25 bits per heavy atom. The maximum Gasteiger partial charge on any atom is 0.271 e. The zero-order chi connectivity index (χ0) is 14.3. The summed E-state index contributed by atoms with van der Waals surface area (Å²) in [5, 5.41) is 11.3. The number of fused-ring (bicyclic) bond motifs is 1. The first kappa shape index (κ1) is 12.9. The SMILES string of the molecule is O=C1CCCc2c1ccn2-c1cc([N+](=O)[O-])ccc1Cl. The van der Waals surface area contributed by atoms with E-state index in [0.29, 0.717) is 22.7 Å². The number of ketones is 1. The van der Waals surface area contributed by atoms with Crippen LogP contribution in [0, 0.1) is 10.1 Å². The van der Waals surface area contributed by atoms with Gasteiger partial charge in [-0.15, -0.1) is 0 Å². The van der Waals surface area contributed by atoms with Crippen molar-refractivity contribution in [2.45, 2.75) is 19.3 Å². The topological polar surface area (TPSA) is 65.1 Å². The minimum atomic E-state index is -0.457. The molecule has 0 saturated heterocycles. The minimum Gasteiger partial charge on any atom is -0.318 e. The summed E-state index contributed by atoms with van der Waals surface area (Å²) in [6.07, 6.45) is 3.87. The highest BCUT2D eigenvalue weighted by Crippen LogP contribution is 2.30. The van der Waals surface area contributed by atoms with E-state index in [0.717, 1.165) is 18.5 Å². The van der Waals surface area contributed by atoms with Crippen LogP contribution in [0.2, 0.25) is 5.02 Å². The minimum absolute atomic E-state index is 0.0195. The van der Waals surface area contributed by atoms with Gasteiger partial charge in [0, 0.05) is 36.0 Å². The molecule has 1 aliphatic rings. The average molecular weight is 291 g/mol. The van der Waals surface area contributed by atoms with Crippen LogP contribution in [0.5, 0.6) is 0 Å². The number of carbonyl (C=O) groups excluding carboxylic acids is 1. The van der Waals surface area contributed by atoms with Crippen molar-refractivity contribution in [2.75, 3.05) is 0 Å². The van der Waals surface area contributed by atoms with Crippen LogP contribution in [-0.4, -0.2) is 15.3 Å². The van der Waals surface area contributed by atoms with Crippen LogP contribution in [0.3, 0.4) is 0 Å². The van der Waals surface area contributed by atoms with Crippen LogP contribution >= 0.6 is 11.6 Å². The Morgan fingerprint density at radius 3 is 2.80 bits per heavy atom. The molecule has 0 amide bonds. The van der Waals surface area contributed by atoms with E-state index in [1.54, 1.807) is 16.8 Å². The van der Waals surface area contributed by atoms with Crippen molar-refractivity contribution in [1.82, 2.24) is 4.57 Å². The van der Waals surface area contributed by atoms with E-state index in [2.05, 4.69) is 0 Å². The lowest BCUT2D eigenvalue weighted by Crippen LogP contribution is -2.12. The van der Waals surface area contributed by atoms with E-state index >= 15 is 0 Å². The Bertz CT molecular complexity index is 721. The molecule has 1 heterocycles. The number of non-ortho nitro benzene ring substituents is 1. The van der Waals surface area contributed by atoms with Crippen molar-refractivity contribution < 1.29 is 9.72 Å². The Morgan fingerprint density at radius 2 is 2.05 bits per heavy atom. The quantitative estimate of drug-likeness (QED) is 0.627. The first-order chi connectivity index (χ1) is 9.58. The highest BCUT2D eigenvalue weighted by Gasteiger charge is 2.22. The number of halogens is 1. The van der Waals surface area contributed by atoms with E-state index in [1.165, 1.54) is 18.2 Å². The smallest absolute Gasteiger partial charge is 0.271 e. The highest BCUT2D eigenvalue weighted by molar-refractivity contribution is 6.32. The van der Waals surface area contributed by atoms with Gasteiger partial charge in [0.15, 0.2) is 5.78 Å². The van der Waals surface area contributed by atoms with Crippen LogP contribution in [-0.2, 0) is 6.42 Å². The van der Waals surface area contributed by atoms with Gasteiger partial charge in [0.05, 0.1) is 15.6 Å².